The van der Waals surface area contributed by atoms with Crippen molar-refractivity contribution in [1.82, 2.24) is 9.88 Å². The Morgan fingerprint density at radius 2 is 1.52 bits per heavy atom. The molecule has 1 fully saturated rings. The lowest BCUT2D eigenvalue weighted by atomic mass is 10.1. The van der Waals surface area contributed by atoms with E-state index in [2.05, 4.69) is 10.3 Å². The normalized spacial score (nSPS) is 14.3. The zero-order valence-corrected chi connectivity index (χ0v) is 12.9. The van der Waals surface area contributed by atoms with Crippen molar-refractivity contribution < 1.29 is 9.59 Å². The zero-order valence-electron chi connectivity index (χ0n) is 12.9. The molecule has 118 valence electrons. The van der Waals surface area contributed by atoms with Gasteiger partial charge in [0.15, 0.2) is 0 Å². The fourth-order valence-electron chi connectivity index (χ4n) is 2.68. The van der Waals surface area contributed by atoms with Gasteiger partial charge in [0.05, 0.1) is 0 Å². The van der Waals surface area contributed by atoms with Crippen molar-refractivity contribution in [1.29, 1.82) is 0 Å². The van der Waals surface area contributed by atoms with Gasteiger partial charge in [-0.05, 0) is 55.7 Å². The molecule has 1 aromatic heterocycles. The lowest BCUT2D eigenvalue weighted by Crippen LogP contribution is -2.35. The van der Waals surface area contributed by atoms with Gasteiger partial charge < -0.3 is 10.2 Å². The molecule has 5 heteroatoms. The molecule has 0 spiro atoms. The maximum absolute atomic E-state index is 12.4. The molecule has 0 unspecified atom stereocenters. The Kier molecular flexibility index (Phi) is 4.66. The van der Waals surface area contributed by atoms with Crippen LogP contribution in [-0.2, 0) is 0 Å². The Morgan fingerprint density at radius 1 is 0.870 bits per heavy atom. The Hall–Kier alpha value is -2.69. The smallest absolute Gasteiger partial charge is 0.255 e. The van der Waals surface area contributed by atoms with Gasteiger partial charge in [-0.2, -0.15) is 0 Å². The van der Waals surface area contributed by atoms with Gasteiger partial charge in [0.1, 0.15) is 0 Å². The largest absolute Gasteiger partial charge is 0.339 e. The summed E-state index contributed by atoms with van der Waals surface area (Å²) in [6, 6.07) is 10.4. The van der Waals surface area contributed by atoms with Gasteiger partial charge in [0, 0.05) is 42.3 Å². The van der Waals surface area contributed by atoms with E-state index in [1.807, 2.05) is 4.90 Å². The van der Waals surface area contributed by atoms with Gasteiger partial charge in [-0.3, -0.25) is 14.6 Å². The second-order valence-electron chi connectivity index (χ2n) is 5.62. The van der Waals surface area contributed by atoms with E-state index < -0.39 is 0 Å². The molecule has 0 atom stereocenters. The summed E-state index contributed by atoms with van der Waals surface area (Å²) in [4.78, 5) is 30.2. The maximum Gasteiger partial charge on any atom is 0.255 e. The van der Waals surface area contributed by atoms with E-state index in [1.165, 1.54) is 6.42 Å². The van der Waals surface area contributed by atoms with Crippen molar-refractivity contribution in [2.75, 3.05) is 18.4 Å². The molecule has 1 aliphatic rings. The van der Waals surface area contributed by atoms with E-state index in [0.717, 1.165) is 25.9 Å². The molecule has 1 saturated heterocycles. The summed E-state index contributed by atoms with van der Waals surface area (Å²) >= 11 is 0. The van der Waals surface area contributed by atoms with Crippen LogP contribution >= 0.6 is 0 Å². The Balaban J connectivity index is 1.65. The lowest BCUT2D eigenvalue weighted by Gasteiger charge is -2.26. The first-order valence-electron chi connectivity index (χ1n) is 7.85. The van der Waals surface area contributed by atoms with Gasteiger partial charge in [-0.15, -0.1) is 0 Å². The summed E-state index contributed by atoms with van der Waals surface area (Å²) in [6.45, 7) is 1.67. The fraction of sp³-hybridized carbons (Fsp3) is 0.278. The number of piperidine rings is 1. The van der Waals surface area contributed by atoms with Crippen LogP contribution in [0.25, 0.3) is 0 Å². The summed E-state index contributed by atoms with van der Waals surface area (Å²) in [5, 5.41) is 2.81. The molecule has 2 aromatic rings. The van der Waals surface area contributed by atoms with Crippen LogP contribution < -0.4 is 5.32 Å². The molecule has 5 nitrogen and oxygen atoms in total. The van der Waals surface area contributed by atoms with E-state index in [1.54, 1.807) is 48.8 Å². The molecule has 2 heterocycles. The highest BCUT2D eigenvalue weighted by Crippen LogP contribution is 2.16. The van der Waals surface area contributed by atoms with E-state index >= 15 is 0 Å². The van der Waals surface area contributed by atoms with Crippen LogP contribution in [0, 0.1) is 0 Å². The number of benzene rings is 1. The first-order valence-corrected chi connectivity index (χ1v) is 7.85. The van der Waals surface area contributed by atoms with Gasteiger partial charge in [-0.25, -0.2) is 0 Å². The molecule has 2 amide bonds. The summed E-state index contributed by atoms with van der Waals surface area (Å²) in [7, 11) is 0. The highest BCUT2D eigenvalue weighted by molar-refractivity contribution is 6.04. The number of likely N-dealkylation sites (tertiary alicyclic amines) is 1. The van der Waals surface area contributed by atoms with E-state index in [9.17, 15) is 9.59 Å². The van der Waals surface area contributed by atoms with Crippen LogP contribution in [0.4, 0.5) is 5.69 Å². The molecule has 0 saturated carbocycles. The van der Waals surface area contributed by atoms with Gasteiger partial charge >= 0.3 is 0 Å². The number of nitrogens with one attached hydrogen (secondary N) is 1. The molecule has 1 N–H and O–H groups in total. The number of carbonyl (C=O) groups is 2. The van der Waals surface area contributed by atoms with Crippen molar-refractivity contribution >= 4 is 17.5 Å². The van der Waals surface area contributed by atoms with E-state index in [4.69, 9.17) is 0 Å². The number of carbonyl (C=O) groups excluding carboxylic acids is 2. The molecule has 1 aromatic carbocycles. The van der Waals surface area contributed by atoms with Gasteiger partial charge in [0.25, 0.3) is 11.8 Å². The molecule has 1 aliphatic heterocycles. The van der Waals surface area contributed by atoms with Crippen molar-refractivity contribution in [3.8, 4) is 0 Å². The van der Waals surface area contributed by atoms with Crippen LogP contribution in [0.1, 0.15) is 40.0 Å². The SMILES string of the molecule is O=C(Nc1ccc(C(=O)N2CCCCC2)cc1)c1ccncc1. The number of nitrogens with zero attached hydrogens (tertiary/aromatic N) is 2. The van der Waals surface area contributed by atoms with Crippen LogP contribution in [0.15, 0.2) is 48.8 Å². The van der Waals surface area contributed by atoms with Crippen molar-refractivity contribution in [3.05, 3.63) is 59.9 Å². The molecule has 3 rings (SSSR count). The monoisotopic (exact) mass is 309 g/mol. The van der Waals surface area contributed by atoms with Crippen LogP contribution in [0.5, 0.6) is 0 Å². The third kappa shape index (κ3) is 3.74. The number of hydrogen-bond donors (Lipinski definition) is 1. The highest BCUT2D eigenvalue weighted by atomic mass is 16.2. The predicted molar refractivity (Wildman–Crippen MR) is 88.4 cm³/mol. The number of aromatic nitrogens is 1. The second kappa shape index (κ2) is 7.05. The zero-order chi connectivity index (χ0) is 16.1. The summed E-state index contributed by atoms with van der Waals surface area (Å²) < 4.78 is 0. The van der Waals surface area contributed by atoms with Gasteiger partial charge in [0.2, 0.25) is 0 Å². The van der Waals surface area contributed by atoms with Crippen LogP contribution in [-0.4, -0.2) is 34.8 Å². The molecule has 0 bridgehead atoms. The van der Waals surface area contributed by atoms with Crippen LogP contribution in [0.3, 0.4) is 0 Å². The van der Waals surface area contributed by atoms with Crippen molar-refractivity contribution in [3.63, 3.8) is 0 Å². The lowest BCUT2D eigenvalue weighted by molar-refractivity contribution is 0.0724. The fourth-order valence-corrected chi connectivity index (χ4v) is 2.68. The Morgan fingerprint density at radius 3 is 2.17 bits per heavy atom. The second-order valence-corrected chi connectivity index (χ2v) is 5.62. The molecule has 0 radical (unpaired) electrons. The number of pyridine rings is 1. The van der Waals surface area contributed by atoms with E-state index in [0.29, 0.717) is 16.8 Å². The molecular formula is C18H19N3O2. The summed E-state index contributed by atoms with van der Waals surface area (Å²) in [5.41, 5.74) is 1.88. The minimum absolute atomic E-state index is 0.0664. The van der Waals surface area contributed by atoms with E-state index in [-0.39, 0.29) is 11.8 Å². The minimum atomic E-state index is -0.192. The number of anilines is 1. The standard InChI is InChI=1S/C18H19N3O2/c22-17(14-8-10-19-11-9-14)20-16-6-4-15(5-7-16)18(23)21-12-2-1-3-13-21/h4-11H,1-3,12-13H2,(H,20,22). The highest BCUT2D eigenvalue weighted by Gasteiger charge is 2.18. The van der Waals surface area contributed by atoms with Gasteiger partial charge in [-0.1, -0.05) is 0 Å². The number of rotatable bonds is 3. The summed E-state index contributed by atoms with van der Waals surface area (Å²) in [5.74, 6) is -0.126. The average Bonchev–Trinajstić information content (AvgIpc) is 2.63. The number of hydrogen-bond acceptors (Lipinski definition) is 3. The third-order valence-corrected chi connectivity index (χ3v) is 3.98. The molecule has 0 aliphatic carbocycles. The maximum atomic E-state index is 12.4. The average molecular weight is 309 g/mol. The van der Waals surface area contributed by atoms with Crippen molar-refractivity contribution in [2.45, 2.75) is 19.3 Å². The van der Waals surface area contributed by atoms with Crippen LogP contribution in [0.2, 0.25) is 0 Å². The Labute approximate surface area is 135 Å². The third-order valence-electron chi connectivity index (χ3n) is 3.98. The topological polar surface area (TPSA) is 62.3 Å². The minimum Gasteiger partial charge on any atom is -0.339 e. The summed E-state index contributed by atoms with van der Waals surface area (Å²) in [6.07, 6.45) is 6.51. The first-order chi connectivity index (χ1) is 11.2. The molecule has 23 heavy (non-hydrogen) atoms. The molecular weight excluding hydrogens is 290 g/mol. The number of amides is 2. The quantitative estimate of drug-likeness (QED) is 0.948. The first kappa shape index (κ1) is 15.2. The Bertz CT molecular complexity index is 677. The van der Waals surface area contributed by atoms with Crippen molar-refractivity contribution in [2.24, 2.45) is 0 Å². The predicted octanol–water partition coefficient (Wildman–Crippen LogP) is 2.96.